The van der Waals surface area contributed by atoms with Crippen LogP contribution in [-0.2, 0) is 0 Å². The van der Waals surface area contributed by atoms with Crippen LogP contribution in [0.15, 0.2) is 24.3 Å². The summed E-state index contributed by atoms with van der Waals surface area (Å²) < 4.78 is 5.59. The van der Waals surface area contributed by atoms with Crippen molar-refractivity contribution >= 4 is 6.03 Å². The molecule has 1 heterocycles. The van der Waals surface area contributed by atoms with E-state index in [1.807, 2.05) is 36.1 Å². The van der Waals surface area contributed by atoms with Gasteiger partial charge in [0.15, 0.2) is 0 Å². The topological polar surface area (TPSA) is 41.6 Å². The number of hydrogen-bond donors (Lipinski definition) is 1. The summed E-state index contributed by atoms with van der Waals surface area (Å²) in [6.45, 7) is 4.85. The van der Waals surface area contributed by atoms with E-state index in [0.717, 1.165) is 31.7 Å². The van der Waals surface area contributed by atoms with Gasteiger partial charge in [0.2, 0.25) is 0 Å². The van der Waals surface area contributed by atoms with Gasteiger partial charge < -0.3 is 15.0 Å². The van der Waals surface area contributed by atoms with Crippen molar-refractivity contribution in [1.82, 2.24) is 10.2 Å². The van der Waals surface area contributed by atoms with Crippen molar-refractivity contribution < 1.29 is 9.53 Å². The van der Waals surface area contributed by atoms with Crippen molar-refractivity contribution in [3.8, 4) is 5.75 Å². The van der Waals surface area contributed by atoms with E-state index < -0.39 is 0 Å². The largest absolute Gasteiger partial charge is 0.492 e. The Morgan fingerprint density at radius 2 is 1.80 bits per heavy atom. The number of nitrogens with zero attached hydrogens (tertiary/aromatic N) is 1. The Labute approximate surface area is 121 Å². The van der Waals surface area contributed by atoms with E-state index >= 15 is 0 Å². The van der Waals surface area contributed by atoms with Crippen LogP contribution < -0.4 is 10.1 Å². The highest BCUT2D eigenvalue weighted by molar-refractivity contribution is 5.74. The normalized spacial score (nSPS) is 15.6. The smallest absolute Gasteiger partial charge is 0.317 e. The van der Waals surface area contributed by atoms with Gasteiger partial charge in [-0.1, -0.05) is 30.5 Å². The molecule has 0 radical (unpaired) electrons. The predicted molar refractivity (Wildman–Crippen MR) is 80.1 cm³/mol. The number of rotatable bonds is 4. The first-order valence-corrected chi connectivity index (χ1v) is 7.48. The van der Waals surface area contributed by atoms with Crippen molar-refractivity contribution in [3.05, 3.63) is 29.8 Å². The van der Waals surface area contributed by atoms with E-state index in [1.54, 1.807) is 0 Å². The number of nitrogens with one attached hydrogen (secondary N) is 1. The lowest BCUT2D eigenvalue weighted by molar-refractivity contribution is 0.196. The van der Waals surface area contributed by atoms with Crippen LogP contribution in [0, 0.1) is 6.92 Å². The van der Waals surface area contributed by atoms with Crippen LogP contribution in [-0.4, -0.2) is 37.2 Å². The molecule has 1 aliphatic rings. The van der Waals surface area contributed by atoms with Crippen LogP contribution in [0.5, 0.6) is 5.75 Å². The number of carbonyl (C=O) groups excluding carboxylic acids is 1. The Morgan fingerprint density at radius 1 is 1.15 bits per heavy atom. The minimum absolute atomic E-state index is 0.0411. The van der Waals surface area contributed by atoms with Gasteiger partial charge in [-0.05, 0) is 31.9 Å². The molecule has 1 aromatic carbocycles. The van der Waals surface area contributed by atoms with Gasteiger partial charge in [0, 0.05) is 13.1 Å². The first-order valence-electron chi connectivity index (χ1n) is 7.48. The minimum Gasteiger partial charge on any atom is -0.492 e. The fraction of sp³-hybridized carbons (Fsp3) is 0.562. The third kappa shape index (κ3) is 4.76. The van der Waals surface area contributed by atoms with Crippen LogP contribution in [0.2, 0.25) is 0 Å². The molecule has 2 rings (SSSR count). The van der Waals surface area contributed by atoms with E-state index in [-0.39, 0.29) is 6.03 Å². The third-order valence-electron chi connectivity index (χ3n) is 3.56. The van der Waals surface area contributed by atoms with Crippen LogP contribution in [0.25, 0.3) is 0 Å². The maximum Gasteiger partial charge on any atom is 0.317 e. The molecule has 1 saturated heterocycles. The minimum atomic E-state index is 0.0411. The van der Waals surface area contributed by atoms with Crippen molar-refractivity contribution in [1.29, 1.82) is 0 Å². The number of hydrogen-bond acceptors (Lipinski definition) is 2. The molecule has 4 nitrogen and oxygen atoms in total. The summed E-state index contributed by atoms with van der Waals surface area (Å²) >= 11 is 0. The summed E-state index contributed by atoms with van der Waals surface area (Å²) in [6.07, 6.45) is 4.71. The molecule has 0 aromatic heterocycles. The molecule has 4 heteroatoms. The zero-order chi connectivity index (χ0) is 14.2. The Balaban J connectivity index is 1.64. The number of ether oxygens (including phenoxy) is 1. The standard InChI is InChI=1S/C16H24N2O2/c1-14-6-8-15(9-7-14)20-13-10-17-16(19)18-11-4-2-3-5-12-18/h6-9H,2-5,10-13H2,1H3,(H,17,19). The van der Waals surface area contributed by atoms with Crippen LogP contribution in [0.4, 0.5) is 4.79 Å². The fourth-order valence-corrected chi connectivity index (χ4v) is 2.35. The van der Waals surface area contributed by atoms with E-state index in [1.165, 1.54) is 18.4 Å². The van der Waals surface area contributed by atoms with Gasteiger partial charge in [0.25, 0.3) is 0 Å². The molecule has 1 fully saturated rings. The number of urea groups is 1. The molecule has 0 atom stereocenters. The van der Waals surface area contributed by atoms with E-state index in [2.05, 4.69) is 5.32 Å². The van der Waals surface area contributed by atoms with Gasteiger partial charge in [-0.3, -0.25) is 0 Å². The van der Waals surface area contributed by atoms with Crippen LogP contribution in [0.1, 0.15) is 31.2 Å². The highest BCUT2D eigenvalue weighted by atomic mass is 16.5. The molecule has 110 valence electrons. The summed E-state index contributed by atoms with van der Waals surface area (Å²) in [4.78, 5) is 13.9. The van der Waals surface area contributed by atoms with Crippen molar-refractivity contribution in [2.24, 2.45) is 0 Å². The lowest BCUT2D eigenvalue weighted by Gasteiger charge is -2.20. The average molecular weight is 276 g/mol. The molecule has 0 bridgehead atoms. The highest BCUT2D eigenvalue weighted by Crippen LogP contribution is 2.11. The predicted octanol–water partition coefficient (Wildman–Crippen LogP) is 2.96. The first kappa shape index (κ1) is 14.7. The van der Waals surface area contributed by atoms with Crippen molar-refractivity contribution in [3.63, 3.8) is 0 Å². The summed E-state index contributed by atoms with van der Waals surface area (Å²) in [5.74, 6) is 0.847. The number of likely N-dealkylation sites (tertiary alicyclic amines) is 1. The zero-order valence-electron chi connectivity index (χ0n) is 12.2. The molecule has 0 unspecified atom stereocenters. The van der Waals surface area contributed by atoms with E-state index in [0.29, 0.717) is 13.2 Å². The highest BCUT2D eigenvalue weighted by Gasteiger charge is 2.14. The zero-order valence-corrected chi connectivity index (χ0v) is 12.2. The molecular formula is C16H24N2O2. The molecule has 1 N–H and O–H groups in total. The molecule has 2 amide bonds. The maximum absolute atomic E-state index is 12.0. The monoisotopic (exact) mass is 276 g/mol. The Kier molecular flexibility index (Phi) is 5.71. The number of amides is 2. The van der Waals surface area contributed by atoms with Gasteiger partial charge in [-0.2, -0.15) is 0 Å². The van der Waals surface area contributed by atoms with Gasteiger partial charge >= 0.3 is 6.03 Å². The lowest BCUT2D eigenvalue weighted by Crippen LogP contribution is -2.41. The van der Waals surface area contributed by atoms with Crippen LogP contribution >= 0.6 is 0 Å². The quantitative estimate of drug-likeness (QED) is 0.859. The summed E-state index contributed by atoms with van der Waals surface area (Å²) in [5, 5.41) is 2.92. The molecule has 0 spiro atoms. The number of benzene rings is 1. The van der Waals surface area contributed by atoms with Crippen LogP contribution in [0.3, 0.4) is 0 Å². The second-order valence-electron chi connectivity index (χ2n) is 5.29. The van der Waals surface area contributed by atoms with Crippen molar-refractivity contribution in [2.75, 3.05) is 26.2 Å². The molecule has 0 aliphatic carbocycles. The molecule has 20 heavy (non-hydrogen) atoms. The average Bonchev–Trinajstić information content (AvgIpc) is 2.74. The Hall–Kier alpha value is -1.71. The maximum atomic E-state index is 12.0. The van der Waals surface area contributed by atoms with Gasteiger partial charge in [0.05, 0.1) is 6.54 Å². The summed E-state index contributed by atoms with van der Waals surface area (Å²) in [5.41, 5.74) is 1.21. The second kappa shape index (κ2) is 7.78. The SMILES string of the molecule is Cc1ccc(OCCNC(=O)N2CCCCCC2)cc1. The Morgan fingerprint density at radius 3 is 2.45 bits per heavy atom. The fourth-order valence-electron chi connectivity index (χ4n) is 2.35. The summed E-state index contributed by atoms with van der Waals surface area (Å²) in [6, 6.07) is 7.98. The first-order chi connectivity index (χ1) is 9.75. The van der Waals surface area contributed by atoms with Gasteiger partial charge in [0.1, 0.15) is 12.4 Å². The molecular weight excluding hydrogens is 252 g/mol. The van der Waals surface area contributed by atoms with Crippen molar-refractivity contribution in [2.45, 2.75) is 32.6 Å². The molecule has 1 aromatic rings. The summed E-state index contributed by atoms with van der Waals surface area (Å²) in [7, 11) is 0. The van der Waals surface area contributed by atoms with E-state index in [4.69, 9.17) is 4.74 Å². The lowest BCUT2D eigenvalue weighted by atomic mass is 10.2. The van der Waals surface area contributed by atoms with E-state index in [9.17, 15) is 4.79 Å². The van der Waals surface area contributed by atoms with Gasteiger partial charge in [-0.25, -0.2) is 4.79 Å². The second-order valence-corrected chi connectivity index (χ2v) is 5.29. The molecule has 1 aliphatic heterocycles. The third-order valence-corrected chi connectivity index (χ3v) is 3.56. The van der Waals surface area contributed by atoms with Gasteiger partial charge in [-0.15, -0.1) is 0 Å². The molecule has 0 saturated carbocycles. The number of aryl methyl sites for hydroxylation is 1. The Bertz CT molecular complexity index is 409. The number of carbonyl (C=O) groups is 1.